The van der Waals surface area contributed by atoms with Crippen LogP contribution in [0.1, 0.15) is 46.2 Å². The molecule has 1 amide bonds. The van der Waals surface area contributed by atoms with Crippen LogP contribution < -0.4 is 5.32 Å². The van der Waals surface area contributed by atoms with Crippen molar-refractivity contribution in [3.63, 3.8) is 0 Å². The Balaban J connectivity index is 2.01. The van der Waals surface area contributed by atoms with Gasteiger partial charge in [-0.3, -0.25) is 15.0 Å². The lowest BCUT2D eigenvalue weighted by atomic mass is 9.91. The minimum absolute atomic E-state index is 0.0488. The maximum atomic E-state index is 12.7. The van der Waals surface area contributed by atoms with Crippen molar-refractivity contribution in [1.82, 2.24) is 10.1 Å². The van der Waals surface area contributed by atoms with Crippen molar-refractivity contribution in [3.8, 4) is 0 Å². The zero-order chi connectivity index (χ0) is 18.0. The number of likely N-dealkylation sites (tertiary alicyclic amines) is 1. The van der Waals surface area contributed by atoms with Crippen LogP contribution in [0.5, 0.6) is 0 Å². The molecule has 2 heterocycles. The lowest BCUT2D eigenvalue weighted by molar-refractivity contribution is -0.128. The van der Waals surface area contributed by atoms with Crippen LogP contribution in [-0.4, -0.2) is 59.5 Å². The number of hydrogen-bond donors (Lipinski definition) is 2. The lowest BCUT2D eigenvalue weighted by Crippen LogP contribution is -2.55. The van der Waals surface area contributed by atoms with E-state index in [-0.39, 0.29) is 18.6 Å². The van der Waals surface area contributed by atoms with Gasteiger partial charge in [-0.15, -0.1) is 0 Å². The first kappa shape index (κ1) is 18.9. The Kier molecular flexibility index (Phi) is 5.67. The van der Waals surface area contributed by atoms with Gasteiger partial charge in [0.05, 0.1) is 23.9 Å². The molecule has 1 aliphatic rings. The Hall–Kier alpha value is -1.44. The van der Waals surface area contributed by atoms with Gasteiger partial charge in [0.1, 0.15) is 0 Å². The van der Waals surface area contributed by atoms with Gasteiger partial charge < -0.3 is 14.4 Å². The molecule has 0 saturated carbocycles. The molecule has 0 radical (unpaired) electrons. The number of rotatable bonds is 6. The maximum Gasteiger partial charge on any atom is 0.246 e. The summed E-state index contributed by atoms with van der Waals surface area (Å²) in [6.45, 7) is 9.12. The van der Waals surface area contributed by atoms with E-state index in [9.17, 15) is 9.90 Å². The highest BCUT2D eigenvalue weighted by Crippen LogP contribution is 2.26. The van der Waals surface area contributed by atoms with E-state index in [1.165, 1.54) is 0 Å². The van der Waals surface area contributed by atoms with Crippen LogP contribution in [-0.2, 0) is 14.9 Å². The normalized spacial score (nSPS) is 17.9. The molecule has 24 heavy (non-hydrogen) atoms. The smallest absolute Gasteiger partial charge is 0.246 e. The summed E-state index contributed by atoms with van der Waals surface area (Å²) in [6.07, 6.45) is 2.12. The minimum Gasteiger partial charge on any atom is -0.395 e. The van der Waals surface area contributed by atoms with Crippen molar-refractivity contribution in [1.29, 1.82) is 0 Å². The second-order valence-corrected chi connectivity index (χ2v) is 7.55. The first-order valence-corrected chi connectivity index (χ1v) is 8.38. The van der Waals surface area contributed by atoms with Gasteiger partial charge in [-0.1, -0.05) is 19.0 Å². The highest BCUT2D eigenvalue weighted by molar-refractivity contribution is 5.96. The first-order chi connectivity index (χ1) is 11.2. The largest absolute Gasteiger partial charge is 0.395 e. The predicted octanol–water partition coefficient (Wildman–Crippen LogP) is 1.77. The molecule has 1 fully saturated rings. The third-order valence-electron chi connectivity index (χ3n) is 4.96. The van der Waals surface area contributed by atoms with E-state index >= 15 is 0 Å². The van der Waals surface area contributed by atoms with Crippen LogP contribution in [0.4, 0.5) is 5.88 Å². The lowest BCUT2D eigenvalue weighted by Gasteiger charge is -2.41. The third-order valence-corrected chi connectivity index (χ3v) is 4.96. The molecular weight excluding hydrogens is 310 g/mol. The molecule has 0 atom stereocenters. The zero-order valence-electron chi connectivity index (χ0n) is 15.3. The Morgan fingerprint density at radius 1 is 1.42 bits per heavy atom. The highest BCUT2D eigenvalue weighted by Gasteiger charge is 2.37. The fourth-order valence-electron chi connectivity index (χ4n) is 2.79. The van der Waals surface area contributed by atoms with Crippen LogP contribution in [0.2, 0.25) is 0 Å². The maximum absolute atomic E-state index is 12.7. The van der Waals surface area contributed by atoms with E-state index in [0.717, 1.165) is 25.9 Å². The molecule has 1 aromatic heterocycles. The van der Waals surface area contributed by atoms with E-state index < -0.39 is 11.0 Å². The molecule has 0 bridgehead atoms. The number of aliphatic hydroxyl groups excluding tert-OH is 1. The number of ether oxygens (including phenoxy) is 1. The predicted molar refractivity (Wildman–Crippen MR) is 90.9 cm³/mol. The monoisotopic (exact) mass is 339 g/mol. The van der Waals surface area contributed by atoms with Gasteiger partial charge in [0, 0.05) is 31.7 Å². The molecule has 2 N–H and O–H groups in total. The van der Waals surface area contributed by atoms with Crippen LogP contribution in [0.25, 0.3) is 0 Å². The Morgan fingerprint density at radius 2 is 2.04 bits per heavy atom. The number of piperidine rings is 1. The first-order valence-electron chi connectivity index (χ1n) is 8.38. The SMILES string of the molecule is COC1CCN(C(C)(C)C(=O)Nc2cc(C(C)(C)CO)no2)CC1. The fraction of sp³-hybridized carbons (Fsp3) is 0.765. The van der Waals surface area contributed by atoms with Crippen molar-refractivity contribution in [2.45, 2.75) is 57.6 Å². The summed E-state index contributed by atoms with van der Waals surface area (Å²) in [5, 5.41) is 16.1. The van der Waals surface area contributed by atoms with Gasteiger partial charge in [-0.2, -0.15) is 0 Å². The highest BCUT2D eigenvalue weighted by atomic mass is 16.5. The van der Waals surface area contributed by atoms with E-state index in [4.69, 9.17) is 9.26 Å². The molecule has 136 valence electrons. The summed E-state index contributed by atoms with van der Waals surface area (Å²) in [4.78, 5) is 14.9. The number of hydrogen-bond acceptors (Lipinski definition) is 6. The van der Waals surface area contributed by atoms with E-state index in [2.05, 4.69) is 15.4 Å². The molecule has 1 aliphatic heterocycles. The van der Waals surface area contributed by atoms with Gasteiger partial charge in [-0.05, 0) is 26.7 Å². The number of aromatic nitrogens is 1. The number of nitrogens with zero attached hydrogens (tertiary/aromatic N) is 2. The van der Waals surface area contributed by atoms with E-state index in [0.29, 0.717) is 11.6 Å². The molecule has 0 unspecified atom stereocenters. The van der Waals surface area contributed by atoms with Crippen molar-refractivity contribution in [2.75, 3.05) is 32.1 Å². The quantitative estimate of drug-likeness (QED) is 0.821. The summed E-state index contributed by atoms with van der Waals surface area (Å²) < 4.78 is 10.6. The van der Waals surface area contributed by atoms with Gasteiger partial charge >= 0.3 is 0 Å². The summed E-state index contributed by atoms with van der Waals surface area (Å²) in [7, 11) is 1.73. The van der Waals surface area contributed by atoms with E-state index in [1.54, 1.807) is 13.2 Å². The number of carbonyl (C=O) groups is 1. The van der Waals surface area contributed by atoms with Crippen molar-refractivity contribution in [3.05, 3.63) is 11.8 Å². The average molecular weight is 339 g/mol. The Labute approximate surface area is 143 Å². The molecule has 1 aromatic rings. The van der Waals surface area contributed by atoms with Crippen LogP contribution in [0.15, 0.2) is 10.6 Å². The third kappa shape index (κ3) is 3.96. The van der Waals surface area contributed by atoms with Gasteiger partial charge in [0.2, 0.25) is 11.8 Å². The fourth-order valence-corrected chi connectivity index (χ4v) is 2.79. The second kappa shape index (κ2) is 7.21. The molecule has 0 spiro atoms. The van der Waals surface area contributed by atoms with Crippen molar-refractivity contribution in [2.24, 2.45) is 0 Å². The van der Waals surface area contributed by atoms with Crippen molar-refractivity contribution < 1.29 is 19.2 Å². The molecule has 7 nitrogen and oxygen atoms in total. The molecular formula is C17H29N3O4. The summed E-state index contributed by atoms with van der Waals surface area (Å²) >= 11 is 0. The van der Waals surface area contributed by atoms with Crippen LogP contribution in [0, 0.1) is 0 Å². The Bertz CT molecular complexity index is 560. The number of aliphatic hydroxyl groups is 1. The van der Waals surface area contributed by atoms with Crippen LogP contribution in [0.3, 0.4) is 0 Å². The number of amides is 1. The van der Waals surface area contributed by atoms with Crippen LogP contribution >= 0.6 is 0 Å². The zero-order valence-corrected chi connectivity index (χ0v) is 15.3. The number of nitrogens with one attached hydrogen (secondary N) is 1. The second-order valence-electron chi connectivity index (χ2n) is 7.55. The van der Waals surface area contributed by atoms with Gasteiger partial charge in [0.15, 0.2) is 0 Å². The number of carbonyl (C=O) groups excluding carboxylic acids is 1. The number of methoxy groups -OCH3 is 1. The molecule has 0 aliphatic carbocycles. The summed E-state index contributed by atoms with van der Waals surface area (Å²) in [5.74, 6) is 0.166. The van der Waals surface area contributed by atoms with Crippen molar-refractivity contribution >= 4 is 11.8 Å². The topological polar surface area (TPSA) is 87.8 Å². The minimum atomic E-state index is -0.655. The molecule has 2 rings (SSSR count). The molecule has 0 aromatic carbocycles. The standard InChI is InChI=1S/C17H29N3O4/c1-16(2,11-21)13-10-14(24-19-13)18-15(22)17(3,4)20-8-6-12(23-5)7-9-20/h10,12,21H,6-9,11H2,1-5H3,(H,18,22). The van der Waals surface area contributed by atoms with Gasteiger partial charge in [0.25, 0.3) is 0 Å². The summed E-state index contributed by atoms with van der Waals surface area (Å²) in [5.41, 5.74) is -0.554. The average Bonchev–Trinajstić information content (AvgIpc) is 3.04. The summed E-state index contributed by atoms with van der Waals surface area (Å²) in [6, 6.07) is 1.67. The van der Waals surface area contributed by atoms with Gasteiger partial charge in [-0.25, -0.2) is 0 Å². The Morgan fingerprint density at radius 3 is 2.58 bits per heavy atom. The number of anilines is 1. The molecule has 1 saturated heterocycles. The molecule has 7 heteroatoms. The van der Waals surface area contributed by atoms with E-state index in [1.807, 2.05) is 27.7 Å².